The first-order valence-electron chi connectivity index (χ1n) is 10.00. The van der Waals surface area contributed by atoms with Crippen LogP contribution in [0.1, 0.15) is 4.88 Å². The number of hydrogen-bond donors (Lipinski definition) is 1. The average Bonchev–Trinajstić information content (AvgIpc) is 3.38. The lowest BCUT2D eigenvalue weighted by Gasteiger charge is -2.18. The summed E-state index contributed by atoms with van der Waals surface area (Å²) >= 11 is 1.52. The summed E-state index contributed by atoms with van der Waals surface area (Å²) in [5.74, 6) is 0.496. The van der Waals surface area contributed by atoms with E-state index in [9.17, 15) is 13.9 Å². The van der Waals surface area contributed by atoms with E-state index in [0.29, 0.717) is 36.8 Å². The molecule has 10 heteroatoms. The van der Waals surface area contributed by atoms with Gasteiger partial charge in [-0.15, -0.1) is 11.3 Å². The summed E-state index contributed by atoms with van der Waals surface area (Å²) in [5.41, 5.74) is 1.75. The number of halogens is 2. The van der Waals surface area contributed by atoms with Gasteiger partial charge in [-0.05, 0) is 30.3 Å². The Morgan fingerprint density at radius 3 is 2.91 bits per heavy atom. The Kier molecular flexibility index (Phi) is 5.32. The first kappa shape index (κ1) is 20.5. The molecule has 0 amide bonds. The molecular formula is C22H19F2N5O2S. The van der Waals surface area contributed by atoms with Crippen molar-refractivity contribution in [3.05, 3.63) is 59.2 Å². The SMILES string of the molecule is CN(CCO)c1ccc2c(n1)-c1cc(-c3ncnn3-c3ccc(F)cc3F)sc1CCO2. The van der Waals surface area contributed by atoms with E-state index in [4.69, 9.17) is 9.72 Å². The molecule has 5 rings (SSSR count). The summed E-state index contributed by atoms with van der Waals surface area (Å²) in [4.78, 5) is 12.8. The molecule has 1 aliphatic rings. The van der Waals surface area contributed by atoms with Crippen molar-refractivity contribution >= 4 is 17.2 Å². The molecule has 3 aromatic heterocycles. The van der Waals surface area contributed by atoms with Crippen LogP contribution in [0.4, 0.5) is 14.6 Å². The van der Waals surface area contributed by atoms with Gasteiger partial charge in [0.15, 0.2) is 11.6 Å². The second-order valence-corrected chi connectivity index (χ2v) is 8.44. The van der Waals surface area contributed by atoms with Crippen LogP contribution < -0.4 is 9.64 Å². The van der Waals surface area contributed by atoms with Crippen molar-refractivity contribution < 1.29 is 18.6 Å². The number of aliphatic hydroxyl groups is 1. The molecule has 1 N–H and O–H groups in total. The van der Waals surface area contributed by atoms with Crippen molar-refractivity contribution in [2.45, 2.75) is 6.42 Å². The Bertz CT molecular complexity index is 1290. The number of nitrogens with zero attached hydrogens (tertiary/aromatic N) is 5. The van der Waals surface area contributed by atoms with Crippen LogP contribution in [0.5, 0.6) is 5.75 Å². The number of ether oxygens (including phenoxy) is 1. The van der Waals surface area contributed by atoms with Gasteiger partial charge in [-0.3, -0.25) is 0 Å². The minimum Gasteiger partial charge on any atom is -0.491 e. The second-order valence-electron chi connectivity index (χ2n) is 7.30. The van der Waals surface area contributed by atoms with E-state index in [0.717, 1.165) is 27.2 Å². The van der Waals surface area contributed by atoms with Crippen LogP contribution in [0.25, 0.3) is 27.6 Å². The van der Waals surface area contributed by atoms with E-state index >= 15 is 0 Å². The minimum absolute atomic E-state index is 0.0230. The van der Waals surface area contributed by atoms with Gasteiger partial charge in [-0.2, -0.15) is 5.10 Å². The monoisotopic (exact) mass is 455 g/mol. The van der Waals surface area contributed by atoms with Crippen LogP contribution in [0, 0.1) is 11.6 Å². The normalized spacial score (nSPS) is 12.6. The predicted octanol–water partition coefficient (Wildman–Crippen LogP) is 3.70. The maximum absolute atomic E-state index is 14.4. The zero-order chi connectivity index (χ0) is 22.2. The van der Waals surface area contributed by atoms with Crippen molar-refractivity contribution in [2.24, 2.45) is 0 Å². The van der Waals surface area contributed by atoms with Crippen LogP contribution in [0.3, 0.4) is 0 Å². The summed E-state index contributed by atoms with van der Waals surface area (Å²) in [6.45, 7) is 0.989. The molecule has 0 saturated carbocycles. The zero-order valence-electron chi connectivity index (χ0n) is 17.1. The number of aromatic nitrogens is 4. The molecule has 0 radical (unpaired) electrons. The number of hydrogen-bond acceptors (Lipinski definition) is 7. The van der Waals surface area contributed by atoms with Gasteiger partial charge in [0.05, 0.1) is 18.1 Å². The Morgan fingerprint density at radius 2 is 2.09 bits per heavy atom. The highest BCUT2D eigenvalue weighted by molar-refractivity contribution is 7.16. The van der Waals surface area contributed by atoms with Crippen LogP contribution in [-0.4, -0.2) is 51.7 Å². The third kappa shape index (κ3) is 3.61. The molecule has 4 aromatic rings. The van der Waals surface area contributed by atoms with Gasteiger partial charge in [0.25, 0.3) is 0 Å². The average molecular weight is 455 g/mol. The van der Waals surface area contributed by atoms with Gasteiger partial charge in [0.1, 0.15) is 35.1 Å². The van der Waals surface area contributed by atoms with E-state index in [-0.39, 0.29) is 12.3 Å². The summed E-state index contributed by atoms with van der Waals surface area (Å²) in [7, 11) is 1.86. The van der Waals surface area contributed by atoms with Gasteiger partial charge in [-0.1, -0.05) is 0 Å². The smallest absolute Gasteiger partial charge is 0.173 e. The first-order valence-corrected chi connectivity index (χ1v) is 10.8. The number of thiophene rings is 1. The molecule has 0 fully saturated rings. The number of pyridine rings is 1. The number of fused-ring (bicyclic) bond motifs is 3. The lowest BCUT2D eigenvalue weighted by atomic mass is 10.1. The molecular weight excluding hydrogens is 436 g/mol. The molecule has 0 unspecified atom stereocenters. The fraction of sp³-hybridized carbons (Fsp3) is 0.227. The lowest BCUT2D eigenvalue weighted by Crippen LogP contribution is -2.22. The van der Waals surface area contributed by atoms with E-state index < -0.39 is 11.6 Å². The van der Waals surface area contributed by atoms with Gasteiger partial charge < -0.3 is 14.7 Å². The molecule has 1 aromatic carbocycles. The highest BCUT2D eigenvalue weighted by Gasteiger charge is 2.24. The lowest BCUT2D eigenvalue weighted by molar-refractivity contribution is 0.303. The molecule has 164 valence electrons. The Labute approximate surface area is 186 Å². The number of anilines is 1. The van der Waals surface area contributed by atoms with E-state index in [2.05, 4.69) is 10.1 Å². The minimum atomic E-state index is -0.716. The quantitative estimate of drug-likeness (QED) is 0.495. The molecule has 32 heavy (non-hydrogen) atoms. The van der Waals surface area contributed by atoms with E-state index in [1.54, 1.807) is 0 Å². The van der Waals surface area contributed by atoms with Crippen molar-refractivity contribution in [2.75, 3.05) is 31.7 Å². The van der Waals surface area contributed by atoms with Crippen molar-refractivity contribution in [3.8, 4) is 33.4 Å². The maximum atomic E-state index is 14.4. The number of likely N-dealkylation sites (N-methyl/N-ethyl adjacent to an activating group) is 1. The summed E-state index contributed by atoms with van der Waals surface area (Å²) in [6.07, 6.45) is 2.04. The highest BCUT2D eigenvalue weighted by Crippen LogP contribution is 2.42. The number of aliphatic hydroxyl groups excluding tert-OH is 1. The Morgan fingerprint density at radius 1 is 1.22 bits per heavy atom. The summed E-state index contributed by atoms with van der Waals surface area (Å²) < 4.78 is 35.0. The molecule has 7 nitrogen and oxygen atoms in total. The van der Waals surface area contributed by atoms with Gasteiger partial charge in [-0.25, -0.2) is 23.4 Å². The topological polar surface area (TPSA) is 76.3 Å². The van der Waals surface area contributed by atoms with Crippen LogP contribution in [0.15, 0.2) is 42.7 Å². The molecule has 0 spiro atoms. The largest absolute Gasteiger partial charge is 0.491 e. The fourth-order valence-electron chi connectivity index (χ4n) is 3.64. The maximum Gasteiger partial charge on any atom is 0.173 e. The summed E-state index contributed by atoms with van der Waals surface area (Å²) in [5, 5.41) is 13.4. The molecule has 1 aliphatic heterocycles. The van der Waals surface area contributed by atoms with Crippen LogP contribution >= 0.6 is 11.3 Å². The highest BCUT2D eigenvalue weighted by atomic mass is 32.1. The first-order chi connectivity index (χ1) is 15.5. The van der Waals surface area contributed by atoms with Crippen LogP contribution in [-0.2, 0) is 6.42 Å². The van der Waals surface area contributed by atoms with Gasteiger partial charge in [0.2, 0.25) is 0 Å². The molecule has 0 atom stereocenters. The number of benzene rings is 1. The Balaban J connectivity index is 1.60. The van der Waals surface area contributed by atoms with Crippen molar-refractivity contribution in [1.29, 1.82) is 0 Å². The van der Waals surface area contributed by atoms with Gasteiger partial charge >= 0.3 is 0 Å². The van der Waals surface area contributed by atoms with Crippen molar-refractivity contribution in [3.63, 3.8) is 0 Å². The fourth-order valence-corrected chi connectivity index (χ4v) is 4.76. The predicted molar refractivity (Wildman–Crippen MR) is 117 cm³/mol. The van der Waals surface area contributed by atoms with E-state index in [1.165, 1.54) is 34.5 Å². The third-order valence-corrected chi connectivity index (χ3v) is 6.42. The molecule has 0 saturated heterocycles. The zero-order valence-corrected chi connectivity index (χ0v) is 17.9. The summed E-state index contributed by atoms with van der Waals surface area (Å²) in [6, 6.07) is 9.06. The second kappa shape index (κ2) is 8.29. The molecule has 4 heterocycles. The molecule has 0 bridgehead atoms. The third-order valence-electron chi connectivity index (χ3n) is 5.23. The van der Waals surface area contributed by atoms with Gasteiger partial charge in [0, 0.05) is 36.5 Å². The Hall–Kier alpha value is -3.37. The van der Waals surface area contributed by atoms with Crippen LogP contribution in [0.2, 0.25) is 0 Å². The standard InChI is InChI=1S/C22H19F2N5O2S/c1-28(7-8-30)20-5-4-17-21(27-20)14-11-19(32-18(14)6-9-31-17)22-25-12-26-29(22)16-3-2-13(23)10-15(16)24/h2-5,10-12,30H,6-9H2,1H3. The number of rotatable bonds is 5. The van der Waals surface area contributed by atoms with Crippen molar-refractivity contribution in [1.82, 2.24) is 19.7 Å². The van der Waals surface area contributed by atoms with E-state index in [1.807, 2.05) is 30.1 Å². The molecule has 0 aliphatic carbocycles.